The highest BCUT2D eigenvalue weighted by molar-refractivity contribution is 5.86. The molecule has 4 aromatic rings. The SMILES string of the molecule is O=c1[nH]ncc(N[C@H]2CCC[C@H](Cn3ccc4cc(-c5ncc(C(F)(F)F)cn5)c(F)cc4c3=O)C2)c1C(F)(F)F. The number of halogens is 7. The van der Waals surface area contributed by atoms with Crippen LogP contribution in [0.1, 0.15) is 36.8 Å². The van der Waals surface area contributed by atoms with Gasteiger partial charge in [-0.25, -0.2) is 19.5 Å². The normalized spacial score (nSPS) is 18.0. The van der Waals surface area contributed by atoms with Crippen molar-refractivity contribution in [1.82, 2.24) is 24.7 Å². The van der Waals surface area contributed by atoms with E-state index in [1.165, 1.54) is 16.8 Å². The molecule has 0 spiro atoms. The van der Waals surface area contributed by atoms with Crippen LogP contribution in [0.3, 0.4) is 0 Å². The summed E-state index contributed by atoms with van der Waals surface area (Å²) >= 11 is 0. The van der Waals surface area contributed by atoms with Gasteiger partial charge in [0.1, 0.15) is 11.4 Å². The third-order valence-corrected chi connectivity index (χ3v) is 7.02. The molecule has 1 fully saturated rings. The Morgan fingerprint density at radius 1 is 1.00 bits per heavy atom. The van der Waals surface area contributed by atoms with Crippen LogP contribution in [0.25, 0.3) is 22.2 Å². The summed E-state index contributed by atoms with van der Waals surface area (Å²) in [5.41, 5.74) is -4.88. The summed E-state index contributed by atoms with van der Waals surface area (Å²) in [4.78, 5) is 32.2. The van der Waals surface area contributed by atoms with Crippen LogP contribution in [0.15, 0.2) is 52.6 Å². The highest BCUT2D eigenvalue weighted by Crippen LogP contribution is 2.34. The lowest BCUT2D eigenvalue weighted by Gasteiger charge is -2.31. The second-order valence-corrected chi connectivity index (χ2v) is 9.85. The standard InChI is InChI=1S/C26H21F7N6O2/c27-19-8-17-14(7-18(19)22-34-9-15(10-35-22)25(28,29)30)4-5-39(24(17)41)12-13-2-1-3-16(6-13)37-20-11-36-38-23(40)21(20)26(31,32)33/h4-5,7-11,13,16H,1-3,6,12H2,(H2,37,38,40)/t13-,16-/m0/s1. The van der Waals surface area contributed by atoms with E-state index in [1.54, 1.807) is 11.2 Å². The first-order valence-electron chi connectivity index (χ1n) is 12.4. The number of rotatable bonds is 5. The lowest BCUT2D eigenvalue weighted by atomic mass is 9.85. The molecular formula is C26H21F7N6O2. The lowest BCUT2D eigenvalue weighted by Crippen LogP contribution is -2.33. The highest BCUT2D eigenvalue weighted by atomic mass is 19.4. The first kappa shape index (κ1) is 28.2. The van der Waals surface area contributed by atoms with Gasteiger partial charge in [-0.2, -0.15) is 31.4 Å². The quantitative estimate of drug-likeness (QED) is 0.306. The molecule has 0 radical (unpaired) electrons. The molecule has 15 heteroatoms. The van der Waals surface area contributed by atoms with Crippen LogP contribution in [0.5, 0.6) is 0 Å². The van der Waals surface area contributed by atoms with Gasteiger partial charge in [-0.15, -0.1) is 0 Å². The van der Waals surface area contributed by atoms with Crippen molar-refractivity contribution < 1.29 is 30.7 Å². The summed E-state index contributed by atoms with van der Waals surface area (Å²) in [6.07, 6.45) is -3.70. The number of hydrogen-bond donors (Lipinski definition) is 2. The zero-order valence-corrected chi connectivity index (χ0v) is 21.0. The second kappa shape index (κ2) is 10.6. The van der Waals surface area contributed by atoms with Gasteiger partial charge in [-0.3, -0.25) is 9.59 Å². The smallest absolute Gasteiger partial charge is 0.380 e. The van der Waals surface area contributed by atoms with Crippen LogP contribution in [0.2, 0.25) is 0 Å². The predicted octanol–water partition coefficient (Wildman–Crippen LogP) is 5.39. The molecule has 1 aromatic carbocycles. The molecule has 1 aliphatic carbocycles. The Balaban J connectivity index is 1.35. The number of anilines is 1. The Hall–Kier alpha value is -4.30. The summed E-state index contributed by atoms with van der Waals surface area (Å²) in [5, 5.41) is 8.41. The summed E-state index contributed by atoms with van der Waals surface area (Å²) in [6.45, 7) is 0.220. The first-order chi connectivity index (χ1) is 19.3. The molecule has 0 unspecified atom stereocenters. The van der Waals surface area contributed by atoms with E-state index in [0.29, 0.717) is 43.5 Å². The number of alkyl halides is 6. The number of pyridine rings is 1. The van der Waals surface area contributed by atoms with Crippen LogP contribution in [0, 0.1) is 11.7 Å². The topological polar surface area (TPSA) is 106 Å². The largest absolute Gasteiger partial charge is 0.423 e. The maximum absolute atomic E-state index is 14.9. The van der Waals surface area contributed by atoms with Crippen molar-refractivity contribution in [3.63, 3.8) is 0 Å². The molecule has 3 heterocycles. The van der Waals surface area contributed by atoms with Gasteiger partial charge in [-0.1, -0.05) is 6.42 Å². The minimum Gasteiger partial charge on any atom is -0.380 e. The maximum atomic E-state index is 14.9. The fourth-order valence-electron chi connectivity index (χ4n) is 5.11. The molecule has 3 aromatic heterocycles. The summed E-state index contributed by atoms with van der Waals surface area (Å²) in [7, 11) is 0. The fraction of sp³-hybridized carbons (Fsp3) is 0.346. The molecule has 1 aliphatic rings. The number of aromatic amines is 1. The van der Waals surface area contributed by atoms with Crippen molar-refractivity contribution in [3.8, 4) is 11.4 Å². The average molecular weight is 582 g/mol. The van der Waals surface area contributed by atoms with Gasteiger partial charge in [0, 0.05) is 31.2 Å². The van der Waals surface area contributed by atoms with Crippen LogP contribution in [-0.4, -0.2) is 30.8 Å². The highest BCUT2D eigenvalue weighted by Gasteiger charge is 2.38. The van der Waals surface area contributed by atoms with Gasteiger partial charge in [0.15, 0.2) is 5.82 Å². The summed E-state index contributed by atoms with van der Waals surface area (Å²) in [5.74, 6) is -1.27. The van der Waals surface area contributed by atoms with Gasteiger partial charge in [-0.05, 0) is 48.8 Å². The van der Waals surface area contributed by atoms with Gasteiger partial charge < -0.3 is 9.88 Å². The Kier molecular flexibility index (Phi) is 7.30. The second-order valence-electron chi connectivity index (χ2n) is 9.85. The number of nitrogens with one attached hydrogen (secondary N) is 2. The molecule has 0 aliphatic heterocycles. The van der Waals surface area contributed by atoms with Crippen LogP contribution >= 0.6 is 0 Å². The van der Waals surface area contributed by atoms with Crippen molar-refractivity contribution in [2.75, 3.05) is 5.32 Å². The van der Waals surface area contributed by atoms with E-state index in [2.05, 4.69) is 20.4 Å². The minimum absolute atomic E-state index is 0.0375. The van der Waals surface area contributed by atoms with Crippen LogP contribution in [0.4, 0.5) is 36.4 Å². The Morgan fingerprint density at radius 2 is 1.73 bits per heavy atom. The molecule has 0 amide bonds. The zero-order valence-electron chi connectivity index (χ0n) is 21.0. The number of nitrogens with zero attached hydrogens (tertiary/aromatic N) is 4. The van der Waals surface area contributed by atoms with Gasteiger partial charge in [0.05, 0.1) is 28.4 Å². The molecule has 216 valence electrons. The fourth-order valence-corrected chi connectivity index (χ4v) is 5.11. The van der Waals surface area contributed by atoms with E-state index in [0.717, 1.165) is 12.3 Å². The third kappa shape index (κ3) is 5.93. The van der Waals surface area contributed by atoms with E-state index < -0.39 is 52.1 Å². The Bertz CT molecular complexity index is 1700. The van der Waals surface area contributed by atoms with Gasteiger partial charge in [0.2, 0.25) is 0 Å². The monoisotopic (exact) mass is 582 g/mol. The third-order valence-electron chi connectivity index (χ3n) is 7.02. The Labute approximate surface area is 226 Å². The van der Waals surface area contributed by atoms with E-state index >= 15 is 0 Å². The zero-order chi connectivity index (χ0) is 29.5. The van der Waals surface area contributed by atoms with E-state index in [9.17, 15) is 40.3 Å². The van der Waals surface area contributed by atoms with Crippen LogP contribution < -0.4 is 16.4 Å². The van der Waals surface area contributed by atoms with Gasteiger partial charge in [0.25, 0.3) is 11.1 Å². The lowest BCUT2D eigenvalue weighted by molar-refractivity contribution is -0.139. The summed E-state index contributed by atoms with van der Waals surface area (Å²) in [6, 6.07) is 3.42. The van der Waals surface area contributed by atoms with Crippen LogP contribution in [-0.2, 0) is 18.9 Å². The molecule has 2 N–H and O–H groups in total. The summed E-state index contributed by atoms with van der Waals surface area (Å²) < 4.78 is 95.0. The van der Waals surface area contributed by atoms with Crippen molar-refractivity contribution >= 4 is 16.5 Å². The van der Waals surface area contributed by atoms with E-state index in [-0.39, 0.29) is 29.2 Å². The number of hydrogen-bond acceptors (Lipinski definition) is 6. The molecule has 0 bridgehead atoms. The number of aromatic nitrogens is 5. The maximum Gasteiger partial charge on any atom is 0.423 e. The Morgan fingerprint density at radius 3 is 2.41 bits per heavy atom. The van der Waals surface area contributed by atoms with Crippen molar-refractivity contribution in [2.45, 2.75) is 50.6 Å². The number of fused-ring (bicyclic) bond motifs is 1. The molecule has 0 saturated heterocycles. The van der Waals surface area contributed by atoms with Crippen molar-refractivity contribution in [2.24, 2.45) is 5.92 Å². The number of benzene rings is 1. The molecule has 1 saturated carbocycles. The first-order valence-corrected chi connectivity index (χ1v) is 12.4. The van der Waals surface area contributed by atoms with Crippen molar-refractivity contribution in [3.05, 3.63) is 80.6 Å². The van der Waals surface area contributed by atoms with E-state index in [4.69, 9.17) is 0 Å². The molecule has 41 heavy (non-hydrogen) atoms. The van der Waals surface area contributed by atoms with E-state index in [1.807, 2.05) is 0 Å². The molecule has 8 nitrogen and oxygen atoms in total. The number of H-pyrrole nitrogens is 1. The minimum atomic E-state index is -4.88. The average Bonchev–Trinajstić information content (AvgIpc) is 2.89. The molecule has 2 atom stereocenters. The predicted molar refractivity (Wildman–Crippen MR) is 133 cm³/mol. The van der Waals surface area contributed by atoms with Crippen molar-refractivity contribution in [1.29, 1.82) is 0 Å². The van der Waals surface area contributed by atoms with Gasteiger partial charge >= 0.3 is 12.4 Å². The molecule has 5 rings (SSSR count). The molecular weight excluding hydrogens is 561 g/mol.